The minimum Gasteiger partial charge on any atom is -0.311 e. The Balaban J connectivity index is 1.36. The molecule has 5 heterocycles. The first kappa shape index (κ1) is 16.6. The number of nitrogens with zero attached hydrogens (tertiary/aromatic N) is 7. The molecule has 0 amide bonds. The molecular formula is C19H21N7S. The molecule has 4 aromatic heterocycles. The van der Waals surface area contributed by atoms with Crippen LogP contribution >= 0.6 is 11.3 Å². The summed E-state index contributed by atoms with van der Waals surface area (Å²) in [5.41, 5.74) is 4.81. The lowest BCUT2D eigenvalue weighted by atomic mass is 10.0. The molecule has 0 atom stereocenters. The standard InChI is InChI=1S/C19H21N7S/c1-24-11-15(8-22-24)17-9-20-18-19(23-17)26(13-21-18)16-2-5-25(6-3-16)10-14-4-7-27-12-14/h4,7-9,11-13,16H,2-3,5-6,10H2,1H3. The van der Waals surface area contributed by atoms with Crippen LogP contribution in [0.3, 0.4) is 0 Å². The second-order valence-corrected chi connectivity index (χ2v) is 7.88. The van der Waals surface area contributed by atoms with Gasteiger partial charge in [0.15, 0.2) is 11.3 Å². The lowest BCUT2D eigenvalue weighted by molar-refractivity contribution is 0.181. The van der Waals surface area contributed by atoms with Crippen LogP contribution < -0.4 is 0 Å². The number of rotatable bonds is 4. The molecular weight excluding hydrogens is 358 g/mol. The second kappa shape index (κ2) is 6.86. The molecule has 0 radical (unpaired) electrons. The molecule has 0 N–H and O–H groups in total. The molecule has 0 bridgehead atoms. The number of thiophene rings is 1. The number of likely N-dealkylation sites (tertiary alicyclic amines) is 1. The monoisotopic (exact) mass is 379 g/mol. The first-order valence-corrected chi connectivity index (χ1v) is 10.1. The maximum atomic E-state index is 4.85. The van der Waals surface area contributed by atoms with Gasteiger partial charge < -0.3 is 4.57 Å². The third-order valence-corrected chi connectivity index (χ3v) is 5.95. The van der Waals surface area contributed by atoms with Gasteiger partial charge in [0, 0.05) is 44.5 Å². The number of aromatic nitrogens is 6. The van der Waals surface area contributed by atoms with Crippen molar-refractivity contribution in [3.63, 3.8) is 0 Å². The summed E-state index contributed by atoms with van der Waals surface area (Å²) in [6.45, 7) is 3.23. The molecule has 27 heavy (non-hydrogen) atoms. The Labute approximate surface area is 161 Å². The van der Waals surface area contributed by atoms with E-state index in [-0.39, 0.29) is 0 Å². The maximum absolute atomic E-state index is 4.85. The number of piperidine rings is 1. The summed E-state index contributed by atoms with van der Waals surface area (Å²) >= 11 is 1.77. The predicted molar refractivity (Wildman–Crippen MR) is 105 cm³/mol. The number of fused-ring (bicyclic) bond motifs is 1. The first-order chi connectivity index (χ1) is 13.3. The Bertz CT molecular complexity index is 1040. The van der Waals surface area contributed by atoms with Crippen LogP contribution in [0.25, 0.3) is 22.6 Å². The summed E-state index contributed by atoms with van der Waals surface area (Å²) in [5, 5.41) is 8.63. The van der Waals surface area contributed by atoms with Gasteiger partial charge in [-0.15, -0.1) is 0 Å². The zero-order valence-corrected chi connectivity index (χ0v) is 16.0. The van der Waals surface area contributed by atoms with Crippen molar-refractivity contribution in [1.29, 1.82) is 0 Å². The molecule has 7 nitrogen and oxygen atoms in total. The highest BCUT2D eigenvalue weighted by molar-refractivity contribution is 7.07. The second-order valence-electron chi connectivity index (χ2n) is 7.10. The molecule has 138 valence electrons. The van der Waals surface area contributed by atoms with Crippen LogP contribution in [0.15, 0.2) is 41.7 Å². The lowest BCUT2D eigenvalue weighted by Gasteiger charge is -2.32. The molecule has 0 unspecified atom stereocenters. The van der Waals surface area contributed by atoms with Crippen molar-refractivity contribution in [1.82, 2.24) is 34.2 Å². The topological polar surface area (TPSA) is 64.7 Å². The van der Waals surface area contributed by atoms with Crippen LogP contribution in [0.2, 0.25) is 0 Å². The number of hydrogen-bond acceptors (Lipinski definition) is 6. The van der Waals surface area contributed by atoms with Gasteiger partial charge in [0.25, 0.3) is 0 Å². The zero-order valence-electron chi connectivity index (χ0n) is 15.2. The summed E-state index contributed by atoms with van der Waals surface area (Å²) in [6.07, 6.45) is 9.67. The van der Waals surface area contributed by atoms with Crippen LogP contribution in [-0.4, -0.2) is 47.3 Å². The van der Waals surface area contributed by atoms with Gasteiger partial charge in [0.1, 0.15) is 0 Å². The van der Waals surface area contributed by atoms with Crippen molar-refractivity contribution in [2.75, 3.05) is 13.1 Å². The fraction of sp³-hybridized carbons (Fsp3) is 0.368. The smallest absolute Gasteiger partial charge is 0.197 e. The van der Waals surface area contributed by atoms with Crippen LogP contribution in [0.1, 0.15) is 24.4 Å². The summed E-state index contributed by atoms with van der Waals surface area (Å²) in [6, 6.07) is 2.64. The fourth-order valence-corrected chi connectivity index (χ4v) is 4.42. The van der Waals surface area contributed by atoms with Crippen LogP contribution in [0.5, 0.6) is 0 Å². The average molecular weight is 379 g/mol. The summed E-state index contributed by atoms with van der Waals surface area (Å²) in [5.74, 6) is 0. The minimum absolute atomic E-state index is 0.423. The number of aryl methyl sites for hydroxylation is 1. The van der Waals surface area contributed by atoms with Crippen molar-refractivity contribution in [3.8, 4) is 11.3 Å². The van der Waals surface area contributed by atoms with Gasteiger partial charge in [-0.25, -0.2) is 15.0 Å². The summed E-state index contributed by atoms with van der Waals surface area (Å²) < 4.78 is 3.99. The molecule has 1 aliphatic heterocycles. The van der Waals surface area contributed by atoms with Crippen molar-refractivity contribution >= 4 is 22.6 Å². The molecule has 1 saturated heterocycles. The van der Waals surface area contributed by atoms with E-state index in [1.165, 1.54) is 5.56 Å². The molecule has 1 fully saturated rings. The van der Waals surface area contributed by atoms with Crippen molar-refractivity contribution < 1.29 is 0 Å². The molecule has 0 saturated carbocycles. The Kier molecular flexibility index (Phi) is 4.21. The quantitative estimate of drug-likeness (QED) is 0.545. The highest BCUT2D eigenvalue weighted by Crippen LogP contribution is 2.27. The van der Waals surface area contributed by atoms with E-state index in [2.05, 4.69) is 41.4 Å². The van der Waals surface area contributed by atoms with E-state index >= 15 is 0 Å². The van der Waals surface area contributed by atoms with E-state index < -0.39 is 0 Å². The van der Waals surface area contributed by atoms with Gasteiger partial charge >= 0.3 is 0 Å². The molecule has 5 rings (SSSR count). The average Bonchev–Trinajstić information content (AvgIpc) is 3.43. The van der Waals surface area contributed by atoms with E-state index in [0.29, 0.717) is 11.7 Å². The van der Waals surface area contributed by atoms with E-state index in [0.717, 1.165) is 49.4 Å². The number of imidazole rings is 1. The Morgan fingerprint density at radius 2 is 2.07 bits per heavy atom. The maximum Gasteiger partial charge on any atom is 0.197 e. The van der Waals surface area contributed by atoms with Crippen molar-refractivity contribution in [2.45, 2.75) is 25.4 Å². The van der Waals surface area contributed by atoms with E-state index in [4.69, 9.17) is 4.98 Å². The van der Waals surface area contributed by atoms with Crippen molar-refractivity contribution in [2.24, 2.45) is 7.05 Å². The third-order valence-electron chi connectivity index (χ3n) is 5.22. The van der Waals surface area contributed by atoms with Crippen LogP contribution in [-0.2, 0) is 13.6 Å². The molecule has 0 aliphatic carbocycles. The largest absolute Gasteiger partial charge is 0.311 e. The van der Waals surface area contributed by atoms with Gasteiger partial charge in [0.05, 0.1) is 24.4 Å². The molecule has 8 heteroatoms. The summed E-state index contributed by atoms with van der Waals surface area (Å²) in [4.78, 5) is 16.4. The zero-order chi connectivity index (χ0) is 18.2. The number of hydrogen-bond donors (Lipinski definition) is 0. The molecule has 0 spiro atoms. The lowest BCUT2D eigenvalue weighted by Crippen LogP contribution is -2.34. The van der Waals surface area contributed by atoms with Crippen LogP contribution in [0, 0.1) is 0 Å². The summed E-state index contributed by atoms with van der Waals surface area (Å²) in [7, 11) is 1.91. The van der Waals surface area contributed by atoms with Crippen molar-refractivity contribution in [3.05, 3.63) is 47.3 Å². The Morgan fingerprint density at radius 1 is 1.19 bits per heavy atom. The van der Waals surface area contributed by atoms with Gasteiger partial charge in [0.2, 0.25) is 0 Å². The fourth-order valence-electron chi connectivity index (χ4n) is 3.77. The molecule has 0 aromatic carbocycles. The first-order valence-electron chi connectivity index (χ1n) is 9.18. The normalized spacial score (nSPS) is 16.3. The predicted octanol–water partition coefficient (Wildman–Crippen LogP) is 3.13. The SMILES string of the molecule is Cn1cc(-c2cnc3ncn(C4CCN(Cc5ccsc5)CC4)c3n2)cn1. The van der Waals surface area contributed by atoms with E-state index in [1.807, 2.05) is 25.8 Å². The highest BCUT2D eigenvalue weighted by Gasteiger charge is 2.23. The van der Waals surface area contributed by atoms with Gasteiger partial charge in [-0.2, -0.15) is 16.4 Å². The highest BCUT2D eigenvalue weighted by atomic mass is 32.1. The molecule has 4 aromatic rings. The van der Waals surface area contributed by atoms with Gasteiger partial charge in [-0.3, -0.25) is 9.58 Å². The Morgan fingerprint density at radius 3 is 2.81 bits per heavy atom. The molecule has 1 aliphatic rings. The van der Waals surface area contributed by atoms with E-state index in [1.54, 1.807) is 22.2 Å². The minimum atomic E-state index is 0.423. The third kappa shape index (κ3) is 3.26. The Hall–Kier alpha value is -2.58. The van der Waals surface area contributed by atoms with Crippen LogP contribution in [0.4, 0.5) is 0 Å². The van der Waals surface area contributed by atoms with Gasteiger partial charge in [-0.1, -0.05) is 0 Å². The van der Waals surface area contributed by atoms with Gasteiger partial charge in [-0.05, 0) is 35.2 Å². The van der Waals surface area contributed by atoms with E-state index in [9.17, 15) is 0 Å².